The van der Waals surface area contributed by atoms with E-state index in [4.69, 9.17) is 9.47 Å². The number of nitrogens with one attached hydrogen (secondary N) is 1. The number of rotatable bonds is 3. The van der Waals surface area contributed by atoms with Gasteiger partial charge in [-0.3, -0.25) is 0 Å². The largest absolute Gasteiger partial charge is 0.507 e. The molecule has 0 aliphatic carbocycles. The second kappa shape index (κ2) is 7.44. The average molecular weight is 414 g/mol. The first-order valence-electron chi connectivity index (χ1n) is 10.5. The van der Waals surface area contributed by atoms with Gasteiger partial charge in [-0.05, 0) is 31.7 Å². The van der Waals surface area contributed by atoms with Crippen molar-refractivity contribution in [1.29, 1.82) is 0 Å². The third-order valence-corrected chi connectivity index (χ3v) is 6.34. The van der Waals surface area contributed by atoms with E-state index < -0.39 is 11.8 Å². The summed E-state index contributed by atoms with van der Waals surface area (Å²) in [6.45, 7) is 4.58. The van der Waals surface area contributed by atoms with Crippen molar-refractivity contribution in [3.8, 4) is 17.0 Å². The maximum atomic E-state index is 14.1. The van der Waals surface area contributed by atoms with Crippen molar-refractivity contribution in [2.45, 2.75) is 44.2 Å². The van der Waals surface area contributed by atoms with Crippen LogP contribution in [0.5, 0.6) is 5.75 Å². The van der Waals surface area contributed by atoms with Crippen LogP contribution in [0.4, 0.5) is 10.2 Å². The summed E-state index contributed by atoms with van der Waals surface area (Å²) in [6, 6.07) is 5.49. The molecule has 1 aromatic carbocycles. The molecule has 7 nitrogen and oxygen atoms in total. The normalized spacial score (nSPS) is 28.8. The molecule has 3 aliphatic rings. The summed E-state index contributed by atoms with van der Waals surface area (Å²) in [7, 11) is 1.92. The topological polar surface area (TPSA) is 79.7 Å². The highest BCUT2D eigenvalue weighted by Crippen LogP contribution is 2.49. The summed E-state index contributed by atoms with van der Waals surface area (Å²) >= 11 is 0. The van der Waals surface area contributed by atoms with E-state index in [-0.39, 0.29) is 11.8 Å². The smallest absolute Gasteiger partial charge is 0.154 e. The number of likely N-dealkylation sites (tertiary alicyclic amines) is 1. The lowest BCUT2D eigenvalue weighted by Gasteiger charge is -2.33. The number of piperidine rings is 1. The number of nitrogens with zero attached hydrogens (tertiary/aromatic N) is 3. The van der Waals surface area contributed by atoms with Crippen LogP contribution in [0.2, 0.25) is 0 Å². The monoisotopic (exact) mass is 414 g/mol. The molecule has 1 spiro atoms. The first kappa shape index (κ1) is 19.7. The Labute approximate surface area is 175 Å². The summed E-state index contributed by atoms with van der Waals surface area (Å²) in [5, 5.41) is 23.0. The molecule has 8 heteroatoms. The molecule has 160 valence electrons. The average Bonchev–Trinajstić information content (AvgIpc) is 3.31. The number of alkyl halides is 1. The van der Waals surface area contributed by atoms with Crippen LogP contribution >= 0.6 is 0 Å². The molecule has 3 atom stereocenters. The van der Waals surface area contributed by atoms with Crippen LogP contribution < -0.4 is 5.32 Å². The molecule has 0 radical (unpaired) electrons. The summed E-state index contributed by atoms with van der Waals surface area (Å²) in [5.41, 5.74) is 3.50. The molecule has 2 N–H and O–H groups in total. The molecule has 5 rings (SSSR count). The van der Waals surface area contributed by atoms with Crippen molar-refractivity contribution < 1.29 is 19.0 Å². The molecule has 2 saturated heterocycles. The molecular formula is C22H27FN4O3. The van der Waals surface area contributed by atoms with Gasteiger partial charge in [0.2, 0.25) is 0 Å². The van der Waals surface area contributed by atoms with Gasteiger partial charge in [0, 0.05) is 55.3 Å². The van der Waals surface area contributed by atoms with E-state index in [1.807, 2.05) is 31.0 Å². The van der Waals surface area contributed by atoms with Gasteiger partial charge in [0.25, 0.3) is 0 Å². The SMILES string of the molecule is Cc1ccc(-c2nnc(N[C@@H]3C[C@@H](F)CN(C)C3)c3c2[C@@]2(CCOC2)OC3)c(O)c1. The number of halogens is 1. The Kier molecular flexibility index (Phi) is 4.88. The fraction of sp³-hybridized carbons (Fsp3) is 0.545. The maximum Gasteiger partial charge on any atom is 0.154 e. The van der Waals surface area contributed by atoms with E-state index in [0.29, 0.717) is 49.9 Å². The number of aryl methyl sites for hydroxylation is 1. The van der Waals surface area contributed by atoms with Gasteiger partial charge in [0.1, 0.15) is 23.2 Å². The predicted octanol–water partition coefficient (Wildman–Crippen LogP) is 2.76. The number of ether oxygens (including phenoxy) is 2. The van der Waals surface area contributed by atoms with Crippen molar-refractivity contribution in [2.24, 2.45) is 0 Å². The van der Waals surface area contributed by atoms with Gasteiger partial charge in [-0.25, -0.2) is 4.39 Å². The third kappa shape index (κ3) is 3.33. The molecular weight excluding hydrogens is 387 g/mol. The van der Waals surface area contributed by atoms with Crippen LogP contribution in [-0.4, -0.2) is 65.8 Å². The number of hydrogen-bond donors (Lipinski definition) is 2. The van der Waals surface area contributed by atoms with Crippen LogP contribution in [0.1, 0.15) is 29.5 Å². The number of phenols is 1. The van der Waals surface area contributed by atoms with Gasteiger partial charge in [-0.15, -0.1) is 10.2 Å². The van der Waals surface area contributed by atoms with Gasteiger partial charge in [0.15, 0.2) is 5.82 Å². The highest BCUT2D eigenvalue weighted by Gasteiger charge is 2.47. The van der Waals surface area contributed by atoms with E-state index in [9.17, 15) is 9.50 Å². The van der Waals surface area contributed by atoms with E-state index in [1.165, 1.54) is 0 Å². The highest BCUT2D eigenvalue weighted by atomic mass is 19.1. The van der Waals surface area contributed by atoms with Gasteiger partial charge >= 0.3 is 0 Å². The number of aromatic nitrogens is 2. The lowest BCUT2D eigenvalue weighted by molar-refractivity contribution is -0.0418. The minimum Gasteiger partial charge on any atom is -0.507 e. The number of likely N-dealkylation sites (N-methyl/N-ethyl adjacent to an activating group) is 1. The predicted molar refractivity (Wildman–Crippen MR) is 110 cm³/mol. The first-order chi connectivity index (χ1) is 14.4. The van der Waals surface area contributed by atoms with E-state index in [0.717, 1.165) is 29.7 Å². The van der Waals surface area contributed by atoms with Gasteiger partial charge in [-0.1, -0.05) is 6.07 Å². The Morgan fingerprint density at radius 3 is 2.90 bits per heavy atom. The van der Waals surface area contributed by atoms with Crippen LogP contribution in [0.25, 0.3) is 11.3 Å². The van der Waals surface area contributed by atoms with Crippen molar-refractivity contribution >= 4 is 5.82 Å². The van der Waals surface area contributed by atoms with Gasteiger partial charge in [-0.2, -0.15) is 0 Å². The molecule has 0 unspecified atom stereocenters. The molecule has 0 saturated carbocycles. The lowest BCUT2D eigenvalue weighted by atomic mass is 9.88. The van der Waals surface area contributed by atoms with Crippen molar-refractivity contribution in [2.75, 3.05) is 38.7 Å². The van der Waals surface area contributed by atoms with Crippen LogP contribution in [-0.2, 0) is 21.7 Å². The fourth-order valence-electron chi connectivity index (χ4n) is 4.93. The number of benzene rings is 1. The lowest BCUT2D eigenvalue weighted by Crippen LogP contribution is -2.45. The number of fused-ring (bicyclic) bond motifs is 2. The Morgan fingerprint density at radius 2 is 2.17 bits per heavy atom. The van der Waals surface area contributed by atoms with E-state index in [2.05, 4.69) is 15.5 Å². The Bertz CT molecular complexity index is 954. The standard InChI is InChI=1S/C22H27FN4O3/c1-13-3-4-16(18(28)7-13)20-19-17(11-30-22(19)5-6-29-12-22)21(26-25-20)24-15-8-14(23)9-27(2)10-15/h3-4,7,14-15,28H,5-6,8-12H2,1-2H3,(H,24,26)/t14-,15-,22+/m1/s1. The summed E-state index contributed by atoms with van der Waals surface area (Å²) < 4.78 is 26.0. The molecule has 0 bridgehead atoms. The fourth-order valence-corrected chi connectivity index (χ4v) is 4.93. The minimum absolute atomic E-state index is 0.0489. The zero-order valence-corrected chi connectivity index (χ0v) is 17.3. The number of hydrogen-bond acceptors (Lipinski definition) is 7. The van der Waals surface area contributed by atoms with Gasteiger partial charge in [0.05, 0.1) is 13.2 Å². The zero-order chi connectivity index (χ0) is 20.9. The Balaban J connectivity index is 1.58. The summed E-state index contributed by atoms with van der Waals surface area (Å²) in [6.07, 6.45) is 0.303. The zero-order valence-electron chi connectivity index (χ0n) is 17.3. The van der Waals surface area contributed by atoms with Crippen LogP contribution in [0.15, 0.2) is 18.2 Å². The molecule has 2 aromatic rings. The van der Waals surface area contributed by atoms with E-state index in [1.54, 1.807) is 6.07 Å². The van der Waals surface area contributed by atoms with E-state index >= 15 is 0 Å². The highest BCUT2D eigenvalue weighted by molar-refractivity contribution is 5.74. The second-order valence-electron chi connectivity index (χ2n) is 8.75. The molecule has 3 aliphatic heterocycles. The number of aromatic hydroxyl groups is 1. The number of phenolic OH excluding ortho intramolecular Hbond substituents is 1. The van der Waals surface area contributed by atoms with Crippen LogP contribution in [0.3, 0.4) is 0 Å². The molecule has 30 heavy (non-hydrogen) atoms. The quantitative estimate of drug-likeness (QED) is 0.799. The third-order valence-electron chi connectivity index (χ3n) is 6.34. The maximum absolute atomic E-state index is 14.1. The minimum atomic E-state index is -0.864. The van der Waals surface area contributed by atoms with Crippen molar-refractivity contribution in [3.63, 3.8) is 0 Å². The molecule has 4 heterocycles. The van der Waals surface area contributed by atoms with Crippen molar-refractivity contribution in [1.82, 2.24) is 15.1 Å². The number of anilines is 1. The Morgan fingerprint density at radius 1 is 1.30 bits per heavy atom. The van der Waals surface area contributed by atoms with Crippen molar-refractivity contribution in [3.05, 3.63) is 34.9 Å². The summed E-state index contributed by atoms with van der Waals surface area (Å²) in [5.74, 6) is 0.805. The molecule has 1 aromatic heterocycles. The second-order valence-corrected chi connectivity index (χ2v) is 8.75. The molecule has 0 amide bonds. The molecule has 2 fully saturated rings. The van der Waals surface area contributed by atoms with Crippen LogP contribution in [0, 0.1) is 6.92 Å². The summed E-state index contributed by atoms with van der Waals surface area (Å²) in [4.78, 5) is 1.99. The first-order valence-corrected chi connectivity index (χ1v) is 10.5. The Hall–Kier alpha value is -2.29. The van der Waals surface area contributed by atoms with Gasteiger partial charge < -0.3 is 24.8 Å².